The molecule has 1 aromatic heterocycles. The minimum absolute atomic E-state index is 0.0743. The maximum absolute atomic E-state index is 13.6. The van der Waals surface area contributed by atoms with E-state index in [1.165, 1.54) is 7.11 Å². The van der Waals surface area contributed by atoms with Gasteiger partial charge in [-0.15, -0.1) is 0 Å². The number of carbonyl (C=O) groups is 2. The molecule has 32 heavy (non-hydrogen) atoms. The lowest BCUT2D eigenvalue weighted by Crippen LogP contribution is -2.31. The van der Waals surface area contributed by atoms with Crippen LogP contribution in [-0.2, 0) is 9.47 Å². The fraction of sp³-hybridized carbons (Fsp3) is 0.320. The summed E-state index contributed by atoms with van der Waals surface area (Å²) in [4.78, 5) is 40.4. The van der Waals surface area contributed by atoms with Gasteiger partial charge in [-0.2, -0.15) is 0 Å². The average molecular weight is 435 g/mol. The van der Waals surface area contributed by atoms with Gasteiger partial charge in [0.25, 0.3) is 5.91 Å². The number of fused-ring (bicyclic) bond motifs is 2. The summed E-state index contributed by atoms with van der Waals surface area (Å²) >= 11 is 0. The Kier molecular flexibility index (Phi) is 5.84. The maximum atomic E-state index is 13.6. The number of esters is 1. The first-order valence-electron chi connectivity index (χ1n) is 10.4. The van der Waals surface area contributed by atoms with E-state index in [2.05, 4.69) is 0 Å². The molecular weight excluding hydrogens is 410 g/mol. The Hall–Kier alpha value is -3.45. The number of benzene rings is 2. The summed E-state index contributed by atoms with van der Waals surface area (Å²) in [6.45, 7) is 4.75. The van der Waals surface area contributed by atoms with Gasteiger partial charge < -0.3 is 18.8 Å². The molecule has 166 valence electrons. The monoisotopic (exact) mass is 435 g/mol. The second kappa shape index (κ2) is 8.59. The molecule has 7 heteroatoms. The molecule has 1 aliphatic rings. The van der Waals surface area contributed by atoms with Crippen LogP contribution in [-0.4, -0.2) is 44.1 Å². The number of rotatable bonds is 6. The summed E-state index contributed by atoms with van der Waals surface area (Å²) in [5.74, 6) is -0.701. The molecule has 2 heterocycles. The quantitative estimate of drug-likeness (QED) is 0.433. The van der Waals surface area contributed by atoms with Crippen LogP contribution in [0.4, 0.5) is 0 Å². The smallest absolute Gasteiger partial charge is 0.337 e. The number of methoxy groups -OCH3 is 2. The van der Waals surface area contributed by atoms with Crippen LogP contribution in [0, 0.1) is 13.8 Å². The summed E-state index contributed by atoms with van der Waals surface area (Å²) in [6.07, 6.45) is 0.610. The van der Waals surface area contributed by atoms with Crippen LogP contribution in [0.15, 0.2) is 45.6 Å². The van der Waals surface area contributed by atoms with Crippen molar-refractivity contribution in [2.45, 2.75) is 26.3 Å². The maximum Gasteiger partial charge on any atom is 0.337 e. The zero-order valence-electron chi connectivity index (χ0n) is 18.6. The van der Waals surface area contributed by atoms with Gasteiger partial charge in [0.15, 0.2) is 5.43 Å². The van der Waals surface area contributed by atoms with Crippen molar-refractivity contribution in [3.63, 3.8) is 0 Å². The normalized spacial score (nSPS) is 15.3. The summed E-state index contributed by atoms with van der Waals surface area (Å²) in [7, 11) is 2.92. The number of aryl methyl sites for hydroxylation is 2. The molecule has 0 N–H and O–H groups in total. The van der Waals surface area contributed by atoms with E-state index in [0.717, 1.165) is 16.7 Å². The van der Waals surface area contributed by atoms with Crippen molar-refractivity contribution in [2.75, 3.05) is 27.4 Å². The molecule has 0 saturated carbocycles. The molecule has 1 atom stereocenters. The Morgan fingerprint density at radius 3 is 2.41 bits per heavy atom. The minimum Gasteiger partial charge on any atom is -0.465 e. The van der Waals surface area contributed by atoms with Gasteiger partial charge >= 0.3 is 5.97 Å². The lowest BCUT2D eigenvalue weighted by atomic mass is 9.96. The van der Waals surface area contributed by atoms with Crippen LogP contribution < -0.4 is 5.43 Å². The van der Waals surface area contributed by atoms with Crippen LogP contribution in [0.2, 0.25) is 0 Å². The second-order valence-electron chi connectivity index (χ2n) is 7.97. The molecule has 1 amide bonds. The van der Waals surface area contributed by atoms with Gasteiger partial charge in [-0.25, -0.2) is 4.79 Å². The molecule has 0 fully saturated rings. The standard InChI is InChI=1S/C25H25NO6/c1-14-12-18-19(13-15(14)2)32-23-20(22(18)27)21(26(24(23)28)10-5-11-30-3)16-6-8-17(9-7-16)25(29)31-4/h6-9,12-13,21H,5,10-11H2,1-4H3. The molecule has 0 radical (unpaired) electrons. The van der Waals surface area contributed by atoms with Gasteiger partial charge in [0.1, 0.15) is 5.58 Å². The Morgan fingerprint density at radius 2 is 1.75 bits per heavy atom. The van der Waals surface area contributed by atoms with E-state index < -0.39 is 12.0 Å². The third kappa shape index (κ3) is 3.58. The van der Waals surface area contributed by atoms with Gasteiger partial charge in [0.05, 0.1) is 29.7 Å². The highest BCUT2D eigenvalue weighted by Gasteiger charge is 2.42. The predicted octanol–water partition coefficient (Wildman–Crippen LogP) is 3.78. The number of hydrogen-bond donors (Lipinski definition) is 0. The zero-order valence-corrected chi connectivity index (χ0v) is 18.6. The third-order valence-corrected chi connectivity index (χ3v) is 5.98. The van der Waals surface area contributed by atoms with Crippen LogP contribution in [0.1, 0.15) is 55.6 Å². The topological polar surface area (TPSA) is 86.0 Å². The molecule has 1 aliphatic heterocycles. The minimum atomic E-state index is -0.608. The van der Waals surface area contributed by atoms with Crippen molar-refractivity contribution in [3.05, 3.63) is 80.2 Å². The zero-order chi connectivity index (χ0) is 23.0. The van der Waals surface area contributed by atoms with Crippen LogP contribution in [0.3, 0.4) is 0 Å². The van der Waals surface area contributed by atoms with Crippen molar-refractivity contribution in [3.8, 4) is 0 Å². The van der Waals surface area contributed by atoms with Crippen molar-refractivity contribution in [2.24, 2.45) is 0 Å². The molecule has 1 unspecified atom stereocenters. The van der Waals surface area contributed by atoms with Crippen molar-refractivity contribution < 1.29 is 23.5 Å². The van der Waals surface area contributed by atoms with Crippen LogP contribution in [0.25, 0.3) is 11.0 Å². The number of amides is 1. The molecule has 2 aromatic carbocycles. The Labute approximate surface area is 185 Å². The largest absolute Gasteiger partial charge is 0.465 e. The van der Waals surface area contributed by atoms with Gasteiger partial charge in [0, 0.05) is 20.3 Å². The number of ether oxygens (including phenoxy) is 2. The van der Waals surface area contributed by atoms with E-state index in [0.29, 0.717) is 41.7 Å². The molecule has 0 saturated heterocycles. The first kappa shape index (κ1) is 21.8. The lowest BCUT2D eigenvalue weighted by molar-refractivity contribution is 0.0599. The molecule has 0 spiro atoms. The molecular formula is C25H25NO6. The van der Waals surface area contributed by atoms with E-state index in [4.69, 9.17) is 13.9 Å². The highest BCUT2D eigenvalue weighted by atomic mass is 16.5. The number of hydrogen-bond acceptors (Lipinski definition) is 6. The van der Waals surface area contributed by atoms with Gasteiger partial charge in [-0.3, -0.25) is 9.59 Å². The second-order valence-corrected chi connectivity index (χ2v) is 7.97. The third-order valence-electron chi connectivity index (χ3n) is 5.98. The molecule has 7 nitrogen and oxygen atoms in total. The summed E-state index contributed by atoms with van der Waals surface area (Å²) in [6, 6.07) is 9.75. The van der Waals surface area contributed by atoms with Gasteiger partial charge in [-0.05, 0) is 61.2 Å². The summed E-state index contributed by atoms with van der Waals surface area (Å²) in [5.41, 5.74) is 3.59. The SMILES string of the molecule is COCCCN1C(=O)c2oc3cc(C)c(C)cc3c(=O)c2C1c1ccc(C(=O)OC)cc1. The Balaban J connectivity index is 1.89. The van der Waals surface area contributed by atoms with Gasteiger partial charge in [-0.1, -0.05) is 12.1 Å². The first-order valence-corrected chi connectivity index (χ1v) is 10.4. The highest BCUT2D eigenvalue weighted by molar-refractivity contribution is 5.99. The number of nitrogens with zero attached hydrogens (tertiary/aromatic N) is 1. The lowest BCUT2D eigenvalue weighted by Gasteiger charge is -2.25. The van der Waals surface area contributed by atoms with E-state index in [1.807, 2.05) is 19.9 Å². The van der Waals surface area contributed by atoms with Crippen molar-refractivity contribution >= 4 is 22.8 Å². The fourth-order valence-electron chi connectivity index (χ4n) is 4.15. The average Bonchev–Trinajstić information content (AvgIpc) is 3.07. The van der Waals surface area contributed by atoms with Crippen LogP contribution >= 0.6 is 0 Å². The summed E-state index contributed by atoms with van der Waals surface area (Å²) in [5, 5.41) is 0.453. The van der Waals surface area contributed by atoms with E-state index in [1.54, 1.807) is 42.3 Å². The van der Waals surface area contributed by atoms with E-state index >= 15 is 0 Å². The molecule has 0 bridgehead atoms. The van der Waals surface area contributed by atoms with Crippen molar-refractivity contribution in [1.29, 1.82) is 0 Å². The molecule has 3 aromatic rings. The molecule has 4 rings (SSSR count). The Bertz CT molecular complexity index is 1260. The molecule has 0 aliphatic carbocycles. The highest BCUT2D eigenvalue weighted by Crippen LogP contribution is 2.38. The Morgan fingerprint density at radius 1 is 1.06 bits per heavy atom. The van der Waals surface area contributed by atoms with E-state index in [9.17, 15) is 14.4 Å². The fourth-order valence-corrected chi connectivity index (χ4v) is 4.15. The summed E-state index contributed by atoms with van der Waals surface area (Å²) < 4.78 is 15.9. The first-order chi connectivity index (χ1) is 15.4. The predicted molar refractivity (Wildman–Crippen MR) is 119 cm³/mol. The van der Waals surface area contributed by atoms with E-state index in [-0.39, 0.29) is 17.1 Å². The van der Waals surface area contributed by atoms with Crippen LogP contribution in [0.5, 0.6) is 0 Å². The number of carbonyl (C=O) groups excluding carboxylic acids is 2. The van der Waals surface area contributed by atoms with Gasteiger partial charge in [0.2, 0.25) is 5.76 Å². The van der Waals surface area contributed by atoms with Crippen molar-refractivity contribution in [1.82, 2.24) is 4.90 Å².